The Labute approximate surface area is 116 Å². The highest BCUT2D eigenvalue weighted by atomic mass is 15.3. The first-order valence-corrected chi connectivity index (χ1v) is 7.13. The molecule has 0 aromatic carbocycles. The number of aryl methyl sites for hydroxylation is 3. The zero-order valence-electron chi connectivity index (χ0n) is 12.7. The van der Waals surface area contributed by atoms with Crippen molar-refractivity contribution in [2.24, 2.45) is 4.99 Å². The molecule has 5 heteroatoms. The van der Waals surface area contributed by atoms with Gasteiger partial charge < -0.3 is 10.6 Å². The molecule has 5 nitrogen and oxygen atoms in total. The molecule has 0 aliphatic rings. The van der Waals surface area contributed by atoms with Gasteiger partial charge in [-0.3, -0.25) is 9.67 Å². The second-order valence-corrected chi connectivity index (χ2v) is 4.78. The Morgan fingerprint density at radius 2 is 1.95 bits per heavy atom. The van der Waals surface area contributed by atoms with Gasteiger partial charge in [0, 0.05) is 32.4 Å². The van der Waals surface area contributed by atoms with Gasteiger partial charge in [-0.05, 0) is 32.8 Å². The van der Waals surface area contributed by atoms with Crippen molar-refractivity contribution in [3.05, 3.63) is 17.5 Å². The molecule has 1 aromatic heterocycles. The lowest BCUT2D eigenvalue weighted by Crippen LogP contribution is -2.38. The van der Waals surface area contributed by atoms with Gasteiger partial charge in [-0.2, -0.15) is 5.10 Å². The Hall–Kier alpha value is -1.52. The maximum atomic E-state index is 4.45. The van der Waals surface area contributed by atoms with Gasteiger partial charge in [-0.25, -0.2) is 0 Å². The maximum Gasteiger partial charge on any atom is 0.190 e. The lowest BCUT2D eigenvalue weighted by molar-refractivity contribution is 0.555. The quantitative estimate of drug-likeness (QED) is 0.449. The first kappa shape index (κ1) is 15.5. The van der Waals surface area contributed by atoms with Crippen LogP contribution in [0.25, 0.3) is 0 Å². The van der Waals surface area contributed by atoms with E-state index in [9.17, 15) is 0 Å². The molecule has 0 saturated heterocycles. The smallest absolute Gasteiger partial charge is 0.190 e. The summed E-state index contributed by atoms with van der Waals surface area (Å²) in [5.74, 6) is 0.891. The predicted molar refractivity (Wildman–Crippen MR) is 80.6 cm³/mol. The molecule has 1 rings (SSSR count). The Morgan fingerprint density at radius 3 is 2.47 bits per heavy atom. The number of nitrogens with one attached hydrogen (secondary N) is 2. The monoisotopic (exact) mass is 265 g/mol. The molecule has 0 fully saturated rings. The zero-order valence-corrected chi connectivity index (χ0v) is 12.7. The number of guanidine groups is 1. The largest absolute Gasteiger partial charge is 0.356 e. The molecular formula is C14H27N5. The number of hydrogen-bond donors (Lipinski definition) is 2. The third-order valence-electron chi connectivity index (χ3n) is 2.99. The van der Waals surface area contributed by atoms with Crippen LogP contribution in [0.3, 0.4) is 0 Å². The Kier molecular flexibility index (Phi) is 7.00. The van der Waals surface area contributed by atoms with Crippen LogP contribution in [0.4, 0.5) is 0 Å². The molecule has 0 atom stereocenters. The van der Waals surface area contributed by atoms with Gasteiger partial charge in [0.15, 0.2) is 5.96 Å². The molecule has 19 heavy (non-hydrogen) atoms. The molecule has 0 amide bonds. The Morgan fingerprint density at radius 1 is 1.26 bits per heavy atom. The van der Waals surface area contributed by atoms with Crippen molar-refractivity contribution < 1.29 is 0 Å². The summed E-state index contributed by atoms with van der Waals surface area (Å²) in [7, 11) is 1.81. The molecule has 0 aliphatic carbocycles. The molecule has 0 unspecified atom stereocenters. The summed E-state index contributed by atoms with van der Waals surface area (Å²) >= 11 is 0. The van der Waals surface area contributed by atoms with E-state index in [4.69, 9.17) is 0 Å². The van der Waals surface area contributed by atoms with Gasteiger partial charge in [0.05, 0.1) is 5.69 Å². The number of hydrogen-bond acceptors (Lipinski definition) is 2. The van der Waals surface area contributed by atoms with Crippen molar-refractivity contribution in [2.45, 2.75) is 46.6 Å². The van der Waals surface area contributed by atoms with E-state index in [1.54, 1.807) is 0 Å². The Bertz CT molecular complexity index is 395. The van der Waals surface area contributed by atoms with E-state index >= 15 is 0 Å². The number of rotatable bonds is 7. The van der Waals surface area contributed by atoms with Crippen molar-refractivity contribution in [1.29, 1.82) is 0 Å². The van der Waals surface area contributed by atoms with Gasteiger partial charge in [0.25, 0.3) is 0 Å². The number of aliphatic imine (C=N–C) groups is 1. The van der Waals surface area contributed by atoms with Gasteiger partial charge in [0.2, 0.25) is 0 Å². The molecule has 1 aromatic rings. The van der Waals surface area contributed by atoms with Gasteiger partial charge in [-0.15, -0.1) is 0 Å². The van der Waals surface area contributed by atoms with Crippen LogP contribution >= 0.6 is 0 Å². The fourth-order valence-electron chi connectivity index (χ4n) is 1.94. The van der Waals surface area contributed by atoms with E-state index in [0.717, 1.165) is 37.7 Å². The van der Waals surface area contributed by atoms with Crippen LogP contribution in [-0.2, 0) is 6.54 Å². The fourth-order valence-corrected chi connectivity index (χ4v) is 1.94. The molecule has 0 radical (unpaired) electrons. The maximum absolute atomic E-state index is 4.45. The van der Waals surface area contributed by atoms with Crippen molar-refractivity contribution in [3.8, 4) is 0 Å². The molecule has 1 heterocycles. The van der Waals surface area contributed by atoms with E-state index in [1.807, 2.05) is 14.0 Å². The van der Waals surface area contributed by atoms with E-state index in [1.165, 1.54) is 18.5 Å². The van der Waals surface area contributed by atoms with Crippen LogP contribution in [0.15, 0.2) is 11.1 Å². The van der Waals surface area contributed by atoms with Crippen LogP contribution in [0.2, 0.25) is 0 Å². The topological polar surface area (TPSA) is 54.2 Å². The highest BCUT2D eigenvalue weighted by Gasteiger charge is 2.00. The Balaban J connectivity index is 2.20. The van der Waals surface area contributed by atoms with E-state index in [2.05, 4.69) is 45.3 Å². The summed E-state index contributed by atoms with van der Waals surface area (Å²) in [4.78, 5) is 4.20. The second kappa shape index (κ2) is 8.56. The average molecular weight is 265 g/mol. The molecule has 2 N–H and O–H groups in total. The lowest BCUT2D eigenvalue weighted by Gasteiger charge is -2.11. The SMILES string of the molecule is CCCCNC(=NC)NCCCn1nc(C)cc1C. The van der Waals surface area contributed by atoms with Crippen LogP contribution in [-0.4, -0.2) is 35.9 Å². The molecule has 0 bridgehead atoms. The second-order valence-electron chi connectivity index (χ2n) is 4.78. The third-order valence-corrected chi connectivity index (χ3v) is 2.99. The standard InChI is InChI=1S/C14H27N5/c1-5-6-8-16-14(15-4)17-9-7-10-19-13(3)11-12(2)18-19/h11H,5-10H2,1-4H3,(H2,15,16,17). The summed E-state index contributed by atoms with van der Waals surface area (Å²) in [5, 5.41) is 11.1. The minimum absolute atomic E-state index is 0.891. The summed E-state index contributed by atoms with van der Waals surface area (Å²) in [5.41, 5.74) is 2.31. The van der Waals surface area contributed by atoms with Crippen molar-refractivity contribution in [3.63, 3.8) is 0 Å². The highest BCUT2D eigenvalue weighted by Crippen LogP contribution is 2.02. The zero-order chi connectivity index (χ0) is 14.1. The molecule has 108 valence electrons. The van der Waals surface area contributed by atoms with E-state index in [0.29, 0.717) is 0 Å². The molecule has 0 saturated carbocycles. The molecule has 0 aliphatic heterocycles. The summed E-state index contributed by atoms with van der Waals surface area (Å²) in [6.45, 7) is 9.14. The predicted octanol–water partition coefficient (Wildman–Crippen LogP) is 1.86. The van der Waals surface area contributed by atoms with Gasteiger partial charge in [-0.1, -0.05) is 13.3 Å². The van der Waals surface area contributed by atoms with Crippen LogP contribution < -0.4 is 10.6 Å². The highest BCUT2D eigenvalue weighted by molar-refractivity contribution is 5.79. The van der Waals surface area contributed by atoms with Crippen molar-refractivity contribution >= 4 is 5.96 Å². The normalized spacial score (nSPS) is 11.7. The van der Waals surface area contributed by atoms with Gasteiger partial charge in [0.1, 0.15) is 0 Å². The van der Waals surface area contributed by atoms with Crippen LogP contribution in [0, 0.1) is 13.8 Å². The number of aromatic nitrogens is 2. The minimum Gasteiger partial charge on any atom is -0.356 e. The number of unbranched alkanes of at least 4 members (excludes halogenated alkanes) is 1. The third kappa shape index (κ3) is 5.77. The fraction of sp³-hybridized carbons (Fsp3) is 0.714. The minimum atomic E-state index is 0.891. The average Bonchev–Trinajstić information content (AvgIpc) is 2.71. The van der Waals surface area contributed by atoms with Crippen molar-refractivity contribution in [1.82, 2.24) is 20.4 Å². The molecular weight excluding hydrogens is 238 g/mol. The van der Waals surface area contributed by atoms with Crippen LogP contribution in [0.1, 0.15) is 37.6 Å². The first-order chi connectivity index (χ1) is 9.17. The summed E-state index contributed by atoms with van der Waals surface area (Å²) < 4.78 is 2.06. The van der Waals surface area contributed by atoms with E-state index in [-0.39, 0.29) is 0 Å². The van der Waals surface area contributed by atoms with Gasteiger partial charge >= 0.3 is 0 Å². The summed E-state index contributed by atoms with van der Waals surface area (Å²) in [6, 6.07) is 2.11. The number of nitrogens with zero attached hydrogens (tertiary/aromatic N) is 3. The summed E-state index contributed by atoms with van der Waals surface area (Å²) in [6.07, 6.45) is 3.41. The van der Waals surface area contributed by atoms with Crippen molar-refractivity contribution in [2.75, 3.05) is 20.1 Å². The van der Waals surface area contributed by atoms with E-state index < -0.39 is 0 Å². The molecule has 0 spiro atoms. The van der Waals surface area contributed by atoms with Crippen LogP contribution in [0.5, 0.6) is 0 Å². The lowest BCUT2D eigenvalue weighted by atomic mass is 10.3. The first-order valence-electron chi connectivity index (χ1n) is 7.13.